The van der Waals surface area contributed by atoms with Crippen LogP contribution in [-0.2, 0) is 0 Å². The van der Waals surface area contributed by atoms with Crippen molar-refractivity contribution in [1.82, 2.24) is 9.97 Å². The Balaban J connectivity index is 2.35. The molecule has 0 aliphatic heterocycles. The zero-order valence-corrected chi connectivity index (χ0v) is 11.3. The molecule has 1 atom stereocenters. The number of hydrogen-bond donors (Lipinski definition) is 1. The molecule has 2 rings (SSSR count). The molecular formula is C13H13ClN2O3. The van der Waals surface area contributed by atoms with Crippen LogP contribution < -0.4 is 9.47 Å². The zero-order chi connectivity index (χ0) is 13.8. The summed E-state index contributed by atoms with van der Waals surface area (Å²) >= 11 is 5.94. The Labute approximate surface area is 115 Å². The topological polar surface area (TPSA) is 64.5 Å². The van der Waals surface area contributed by atoms with Crippen molar-refractivity contribution in [2.24, 2.45) is 0 Å². The summed E-state index contributed by atoms with van der Waals surface area (Å²) in [6.45, 7) is 0. The first kappa shape index (κ1) is 13.6. The van der Waals surface area contributed by atoms with E-state index < -0.39 is 6.10 Å². The second kappa shape index (κ2) is 5.86. The standard InChI is InChI=1S/C13H13ClN2O3/c1-18-11-5-8(3-4-9(11)14)13(17)10-6-12(19-2)16-7-15-10/h3-7,13,17H,1-2H3. The van der Waals surface area contributed by atoms with Crippen molar-refractivity contribution in [3.05, 3.63) is 46.9 Å². The van der Waals surface area contributed by atoms with Crippen LogP contribution in [0.5, 0.6) is 11.6 Å². The average Bonchev–Trinajstić information content (AvgIpc) is 2.47. The van der Waals surface area contributed by atoms with E-state index in [2.05, 4.69) is 9.97 Å². The number of aliphatic hydroxyl groups excluding tert-OH is 1. The van der Waals surface area contributed by atoms with Crippen LogP contribution in [0, 0.1) is 0 Å². The summed E-state index contributed by atoms with van der Waals surface area (Å²) in [5, 5.41) is 10.8. The summed E-state index contributed by atoms with van der Waals surface area (Å²) < 4.78 is 10.1. The van der Waals surface area contributed by atoms with Crippen molar-refractivity contribution >= 4 is 11.6 Å². The van der Waals surface area contributed by atoms with Crippen molar-refractivity contribution < 1.29 is 14.6 Å². The van der Waals surface area contributed by atoms with E-state index in [0.717, 1.165) is 0 Å². The van der Waals surface area contributed by atoms with E-state index in [1.165, 1.54) is 20.5 Å². The van der Waals surface area contributed by atoms with E-state index in [4.69, 9.17) is 21.1 Å². The highest BCUT2D eigenvalue weighted by Crippen LogP contribution is 2.30. The SMILES string of the molecule is COc1cc(C(O)c2ccc(Cl)c(OC)c2)ncn1. The highest BCUT2D eigenvalue weighted by molar-refractivity contribution is 6.32. The molecule has 1 heterocycles. The van der Waals surface area contributed by atoms with Crippen LogP contribution in [0.2, 0.25) is 5.02 Å². The number of ether oxygens (including phenoxy) is 2. The number of aliphatic hydroxyl groups is 1. The fourth-order valence-electron chi connectivity index (χ4n) is 1.63. The number of aromatic nitrogens is 2. The quantitative estimate of drug-likeness (QED) is 0.930. The first-order chi connectivity index (χ1) is 9.15. The van der Waals surface area contributed by atoms with Gasteiger partial charge in [-0.15, -0.1) is 0 Å². The first-order valence-corrected chi connectivity index (χ1v) is 5.91. The lowest BCUT2D eigenvalue weighted by Crippen LogP contribution is -2.04. The van der Waals surface area contributed by atoms with E-state index in [9.17, 15) is 5.11 Å². The van der Waals surface area contributed by atoms with Crippen LogP contribution in [0.3, 0.4) is 0 Å². The smallest absolute Gasteiger partial charge is 0.216 e. The van der Waals surface area contributed by atoms with Gasteiger partial charge in [0.2, 0.25) is 5.88 Å². The van der Waals surface area contributed by atoms with Gasteiger partial charge in [0, 0.05) is 6.07 Å². The van der Waals surface area contributed by atoms with Crippen LogP contribution in [0.15, 0.2) is 30.6 Å². The van der Waals surface area contributed by atoms with Crippen molar-refractivity contribution in [2.75, 3.05) is 14.2 Å². The Morgan fingerprint density at radius 3 is 2.63 bits per heavy atom. The third kappa shape index (κ3) is 2.94. The molecule has 0 radical (unpaired) electrons. The monoisotopic (exact) mass is 280 g/mol. The number of nitrogens with zero attached hydrogens (tertiary/aromatic N) is 2. The molecule has 0 spiro atoms. The fourth-order valence-corrected chi connectivity index (χ4v) is 1.83. The number of benzene rings is 1. The molecule has 1 aromatic carbocycles. The number of rotatable bonds is 4. The molecule has 0 fully saturated rings. The first-order valence-electron chi connectivity index (χ1n) is 5.53. The molecule has 0 saturated heterocycles. The molecule has 0 amide bonds. The lowest BCUT2D eigenvalue weighted by atomic mass is 10.1. The van der Waals surface area contributed by atoms with Gasteiger partial charge in [-0.3, -0.25) is 0 Å². The minimum atomic E-state index is -0.900. The lowest BCUT2D eigenvalue weighted by Gasteiger charge is -2.12. The highest BCUT2D eigenvalue weighted by Gasteiger charge is 2.15. The van der Waals surface area contributed by atoms with Gasteiger partial charge in [0.05, 0.1) is 24.9 Å². The molecule has 6 heteroatoms. The third-order valence-electron chi connectivity index (χ3n) is 2.64. The van der Waals surface area contributed by atoms with Gasteiger partial charge >= 0.3 is 0 Å². The molecule has 0 aliphatic carbocycles. The summed E-state index contributed by atoms with van der Waals surface area (Å²) in [6.07, 6.45) is 0.438. The summed E-state index contributed by atoms with van der Waals surface area (Å²) in [5.41, 5.74) is 1.07. The molecule has 1 aromatic heterocycles. The molecule has 0 bridgehead atoms. The average molecular weight is 281 g/mol. The second-order valence-electron chi connectivity index (χ2n) is 3.78. The Hall–Kier alpha value is -1.85. The summed E-state index contributed by atoms with van der Waals surface area (Å²) in [7, 11) is 3.02. The minimum absolute atomic E-state index is 0.393. The molecule has 0 saturated carbocycles. The number of methoxy groups -OCH3 is 2. The van der Waals surface area contributed by atoms with Crippen LogP contribution in [0.25, 0.3) is 0 Å². The predicted molar refractivity (Wildman–Crippen MR) is 70.6 cm³/mol. The maximum absolute atomic E-state index is 10.3. The summed E-state index contributed by atoms with van der Waals surface area (Å²) in [6, 6.07) is 6.62. The van der Waals surface area contributed by atoms with E-state index in [-0.39, 0.29) is 0 Å². The Morgan fingerprint density at radius 1 is 1.16 bits per heavy atom. The second-order valence-corrected chi connectivity index (χ2v) is 4.19. The highest BCUT2D eigenvalue weighted by atomic mass is 35.5. The van der Waals surface area contributed by atoms with Gasteiger partial charge in [-0.2, -0.15) is 0 Å². The summed E-state index contributed by atoms with van der Waals surface area (Å²) in [4.78, 5) is 7.92. The van der Waals surface area contributed by atoms with Gasteiger partial charge < -0.3 is 14.6 Å². The van der Waals surface area contributed by atoms with E-state index >= 15 is 0 Å². The van der Waals surface area contributed by atoms with Gasteiger partial charge in [-0.05, 0) is 17.7 Å². The Bertz CT molecular complexity index is 578. The van der Waals surface area contributed by atoms with Crippen molar-refractivity contribution in [1.29, 1.82) is 0 Å². The third-order valence-corrected chi connectivity index (χ3v) is 2.96. The van der Waals surface area contributed by atoms with Gasteiger partial charge in [0.15, 0.2) is 0 Å². The predicted octanol–water partition coefficient (Wildman–Crippen LogP) is 2.23. The van der Waals surface area contributed by atoms with Crippen molar-refractivity contribution in [3.63, 3.8) is 0 Å². The van der Waals surface area contributed by atoms with E-state index in [1.54, 1.807) is 24.3 Å². The van der Waals surface area contributed by atoms with E-state index in [0.29, 0.717) is 27.9 Å². The number of halogens is 1. The number of hydrogen-bond acceptors (Lipinski definition) is 5. The maximum Gasteiger partial charge on any atom is 0.216 e. The zero-order valence-electron chi connectivity index (χ0n) is 10.5. The molecular weight excluding hydrogens is 268 g/mol. The van der Waals surface area contributed by atoms with Crippen LogP contribution in [0.4, 0.5) is 0 Å². The van der Waals surface area contributed by atoms with Crippen LogP contribution in [0.1, 0.15) is 17.4 Å². The van der Waals surface area contributed by atoms with Crippen LogP contribution >= 0.6 is 11.6 Å². The Kier molecular flexibility index (Phi) is 4.19. The van der Waals surface area contributed by atoms with Gasteiger partial charge in [-0.1, -0.05) is 17.7 Å². The molecule has 1 unspecified atom stereocenters. The normalized spacial score (nSPS) is 12.0. The summed E-state index contributed by atoms with van der Waals surface area (Å²) in [5.74, 6) is 0.893. The fraction of sp³-hybridized carbons (Fsp3) is 0.231. The van der Waals surface area contributed by atoms with Crippen molar-refractivity contribution in [3.8, 4) is 11.6 Å². The molecule has 1 N–H and O–H groups in total. The molecule has 100 valence electrons. The molecule has 2 aromatic rings. The molecule has 19 heavy (non-hydrogen) atoms. The lowest BCUT2D eigenvalue weighted by molar-refractivity contribution is 0.213. The van der Waals surface area contributed by atoms with Gasteiger partial charge in [0.1, 0.15) is 18.2 Å². The Morgan fingerprint density at radius 2 is 1.95 bits per heavy atom. The maximum atomic E-state index is 10.3. The van der Waals surface area contributed by atoms with Crippen LogP contribution in [-0.4, -0.2) is 29.3 Å². The largest absolute Gasteiger partial charge is 0.495 e. The van der Waals surface area contributed by atoms with Crippen molar-refractivity contribution in [2.45, 2.75) is 6.10 Å². The van der Waals surface area contributed by atoms with E-state index in [1.807, 2.05) is 0 Å². The molecule has 0 aliphatic rings. The minimum Gasteiger partial charge on any atom is -0.495 e. The molecule has 5 nitrogen and oxygen atoms in total. The van der Waals surface area contributed by atoms with Gasteiger partial charge in [-0.25, -0.2) is 9.97 Å². The van der Waals surface area contributed by atoms with Gasteiger partial charge in [0.25, 0.3) is 0 Å².